The fourth-order valence-corrected chi connectivity index (χ4v) is 3.19. The molecule has 1 nitrogen and oxygen atoms in total. The Hall–Kier alpha value is -1.19. The maximum atomic E-state index is 13.6. The molecule has 1 heterocycles. The number of nitrogens with one attached hydrogen (secondary N) is 1. The minimum Gasteiger partial charge on any atom is -0.312 e. The molecule has 0 aliphatic heterocycles. The Morgan fingerprint density at radius 1 is 1.28 bits per heavy atom. The molecule has 18 heavy (non-hydrogen) atoms. The highest BCUT2D eigenvalue weighted by molar-refractivity contribution is 7.15. The third kappa shape index (κ3) is 2.62. The van der Waals surface area contributed by atoms with Crippen molar-refractivity contribution in [3.63, 3.8) is 0 Å². The van der Waals surface area contributed by atoms with Gasteiger partial charge in [-0.15, -0.1) is 11.3 Å². The van der Waals surface area contributed by atoms with E-state index in [2.05, 4.69) is 24.4 Å². The topological polar surface area (TPSA) is 12.0 Å². The normalized spacial score (nSPS) is 12.7. The van der Waals surface area contributed by atoms with Gasteiger partial charge in [-0.2, -0.15) is 0 Å². The molecule has 1 aromatic heterocycles. The molecular weight excluding hydrogens is 245 g/mol. The molecule has 0 bridgehead atoms. The van der Waals surface area contributed by atoms with Gasteiger partial charge in [0.2, 0.25) is 0 Å². The standard InChI is InChI=1S/C15H18FNS/c1-4-13(17-3)15-8-7-14(18-15)11-6-5-10(2)12(16)9-11/h5-9,13,17H,4H2,1-3H3. The molecule has 96 valence electrons. The van der Waals surface area contributed by atoms with E-state index < -0.39 is 0 Å². The van der Waals surface area contributed by atoms with E-state index in [1.807, 2.05) is 19.2 Å². The maximum absolute atomic E-state index is 13.6. The molecule has 1 unspecified atom stereocenters. The van der Waals surface area contributed by atoms with Crippen molar-refractivity contribution >= 4 is 11.3 Å². The lowest BCUT2D eigenvalue weighted by Crippen LogP contribution is -2.13. The van der Waals surface area contributed by atoms with Gasteiger partial charge in [0.25, 0.3) is 0 Å². The Kier molecular flexibility index (Phi) is 4.15. The average Bonchev–Trinajstić information content (AvgIpc) is 2.84. The van der Waals surface area contributed by atoms with Gasteiger partial charge < -0.3 is 5.32 Å². The molecule has 0 aliphatic carbocycles. The van der Waals surface area contributed by atoms with Crippen molar-refractivity contribution in [2.75, 3.05) is 7.05 Å². The van der Waals surface area contributed by atoms with Crippen molar-refractivity contribution < 1.29 is 4.39 Å². The van der Waals surface area contributed by atoms with Crippen molar-refractivity contribution in [3.8, 4) is 10.4 Å². The Balaban J connectivity index is 2.31. The van der Waals surface area contributed by atoms with Gasteiger partial charge in [0, 0.05) is 15.8 Å². The first-order chi connectivity index (χ1) is 8.65. The number of benzene rings is 1. The summed E-state index contributed by atoms with van der Waals surface area (Å²) in [6.45, 7) is 3.94. The molecule has 0 radical (unpaired) electrons. The highest BCUT2D eigenvalue weighted by Gasteiger charge is 2.11. The highest BCUT2D eigenvalue weighted by atomic mass is 32.1. The Morgan fingerprint density at radius 2 is 2.06 bits per heavy atom. The highest BCUT2D eigenvalue weighted by Crippen LogP contribution is 2.33. The third-order valence-corrected chi connectivity index (χ3v) is 4.43. The van der Waals surface area contributed by atoms with E-state index in [0.717, 1.165) is 16.9 Å². The van der Waals surface area contributed by atoms with Gasteiger partial charge in [-0.25, -0.2) is 4.39 Å². The Bertz CT molecular complexity index is 529. The van der Waals surface area contributed by atoms with Crippen molar-refractivity contribution in [1.29, 1.82) is 0 Å². The van der Waals surface area contributed by atoms with Gasteiger partial charge in [-0.05, 0) is 49.7 Å². The van der Waals surface area contributed by atoms with Crippen molar-refractivity contribution in [3.05, 3.63) is 46.6 Å². The number of rotatable bonds is 4. The zero-order valence-electron chi connectivity index (χ0n) is 11.0. The van der Waals surface area contributed by atoms with E-state index in [0.29, 0.717) is 11.6 Å². The van der Waals surface area contributed by atoms with Gasteiger partial charge in [-0.1, -0.05) is 19.1 Å². The molecule has 1 atom stereocenters. The lowest BCUT2D eigenvalue weighted by Gasteiger charge is -2.10. The minimum atomic E-state index is -0.136. The quantitative estimate of drug-likeness (QED) is 0.854. The third-order valence-electron chi connectivity index (χ3n) is 3.18. The number of aryl methyl sites for hydroxylation is 1. The Morgan fingerprint density at radius 3 is 2.67 bits per heavy atom. The molecule has 0 saturated carbocycles. The van der Waals surface area contributed by atoms with Crippen LogP contribution in [0.5, 0.6) is 0 Å². The summed E-state index contributed by atoms with van der Waals surface area (Å²) >= 11 is 1.73. The van der Waals surface area contributed by atoms with Crippen LogP contribution in [0.4, 0.5) is 4.39 Å². The monoisotopic (exact) mass is 263 g/mol. The second-order valence-electron chi connectivity index (χ2n) is 4.42. The van der Waals surface area contributed by atoms with Crippen molar-refractivity contribution in [2.24, 2.45) is 0 Å². The number of hydrogen-bond acceptors (Lipinski definition) is 2. The molecule has 2 rings (SSSR count). The van der Waals surface area contributed by atoms with E-state index in [1.165, 1.54) is 4.88 Å². The molecule has 0 fully saturated rings. The first-order valence-electron chi connectivity index (χ1n) is 6.19. The van der Waals surface area contributed by atoms with Crippen LogP contribution in [0.1, 0.15) is 29.8 Å². The van der Waals surface area contributed by atoms with Crippen LogP contribution in [-0.2, 0) is 0 Å². The molecule has 0 saturated heterocycles. The van der Waals surface area contributed by atoms with Crippen LogP contribution in [0.25, 0.3) is 10.4 Å². The zero-order valence-corrected chi connectivity index (χ0v) is 11.8. The predicted octanol–water partition coefficient (Wildman–Crippen LogP) is 4.53. The lowest BCUT2D eigenvalue weighted by molar-refractivity contribution is 0.586. The summed E-state index contributed by atoms with van der Waals surface area (Å²) in [5.41, 5.74) is 1.65. The van der Waals surface area contributed by atoms with Crippen molar-refractivity contribution in [2.45, 2.75) is 26.3 Å². The van der Waals surface area contributed by atoms with E-state index in [1.54, 1.807) is 24.3 Å². The average molecular weight is 263 g/mol. The molecule has 0 aliphatic rings. The van der Waals surface area contributed by atoms with Crippen LogP contribution in [0.3, 0.4) is 0 Å². The summed E-state index contributed by atoms with van der Waals surface area (Å²) in [6.07, 6.45) is 1.05. The van der Waals surface area contributed by atoms with Gasteiger partial charge in [0.15, 0.2) is 0 Å². The molecular formula is C15H18FNS. The molecule has 0 spiro atoms. The minimum absolute atomic E-state index is 0.136. The molecule has 3 heteroatoms. The van der Waals surface area contributed by atoms with Crippen LogP contribution in [0, 0.1) is 12.7 Å². The van der Waals surface area contributed by atoms with Gasteiger partial charge in [0.05, 0.1) is 0 Å². The smallest absolute Gasteiger partial charge is 0.126 e. The lowest BCUT2D eigenvalue weighted by atomic mass is 10.1. The van der Waals surface area contributed by atoms with Crippen molar-refractivity contribution in [1.82, 2.24) is 5.32 Å². The second kappa shape index (κ2) is 5.63. The van der Waals surface area contributed by atoms with E-state index >= 15 is 0 Å². The molecule has 2 aromatic rings. The summed E-state index contributed by atoms with van der Waals surface area (Å²) in [4.78, 5) is 2.42. The first kappa shape index (κ1) is 13.2. The van der Waals surface area contributed by atoms with Crippen LogP contribution in [-0.4, -0.2) is 7.05 Å². The summed E-state index contributed by atoms with van der Waals surface area (Å²) in [5.74, 6) is -0.136. The second-order valence-corrected chi connectivity index (χ2v) is 5.53. The van der Waals surface area contributed by atoms with Crippen LogP contribution >= 0.6 is 11.3 Å². The summed E-state index contributed by atoms with van der Waals surface area (Å²) < 4.78 is 13.6. The SMILES string of the molecule is CCC(NC)c1ccc(-c2ccc(C)c(F)c2)s1. The van der Waals surface area contributed by atoms with E-state index in [-0.39, 0.29) is 5.82 Å². The number of halogens is 1. The Labute approximate surface area is 112 Å². The van der Waals surface area contributed by atoms with Crippen LogP contribution in [0.2, 0.25) is 0 Å². The first-order valence-corrected chi connectivity index (χ1v) is 7.01. The zero-order chi connectivity index (χ0) is 13.1. The van der Waals surface area contributed by atoms with E-state index in [4.69, 9.17) is 0 Å². The fourth-order valence-electron chi connectivity index (χ4n) is 1.99. The molecule has 0 amide bonds. The van der Waals surface area contributed by atoms with Crippen LogP contribution < -0.4 is 5.32 Å². The van der Waals surface area contributed by atoms with Gasteiger partial charge >= 0.3 is 0 Å². The van der Waals surface area contributed by atoms with Crippen LogP contribution in [0.15, 0.2) is 30.3 Å². The largest absolute Gasteiger partial charge is 0.312 e. The summed E-state index contributed by atoms with van der Waals surface area (Å²) in [5, 5.41) is 3.29. The molecule has 1 aromatic carbocycles. The number of hydrogen-bond donors (Lipinski definition) is 1. The predicted molar refractivity (Wildman–Crippen MR) is 76.5 cm³/mol. The number of thiophene rings is 1. The molecule has 1 N–H and O–H groups in total. The van der Waals surface area contributed by atoms with Gasteiger partial charge in [-0.3, -0.25) is 0 Å². The fraction of sp³-hybridized carbons (Fsp3) is 0.333. The van der Waals surface area contributed by atoms with E-state index in [9.17, 15) is 4.39 Å². The summed E-state index contributed by atoms with van der Waals surface area (Å²) in [7, 11) is 1.97. The van der Waals surface area contributed by atoms with Gasteiger partial charge in [0.1, 0.15) is 5.82 Å². The summed E-state index contributed by atoms with van der Waals surface area (Å²) in [6, 6.07) is 10.0. The maximum Gasteiger partial charge on any atom is 0.126 e.